The number of sulfonamides is 1. The topological polar surface area (TPSA) is 102 Å². The Morgan fingerprint density at radius 2 is 2.04 bits per heavy atom. The molecule has 9 nitrogen and oxygen atoms in total. The third kappa shape index (κ3) is 2.77. The van der Waals surface area contributed by atoms with Crippen LogP contribution in [0.5, 0.6) is 0 Å². The minimum absolute atomic E-state index is 0.0427. The molecule has 0 radical (unpaired) electrons. The normalized spacial score (nSPS) is 24.6. The Bertz CT molecular complexity index is 1030. The third-order valence-electron chi connectivity index (χ3n) is 6.25. The molecule has 2 saturated heterocycles. The van der Waals surface area contributed by atoms with Gasteiger partial charge in [0.2, 0.25) is 15.9 Å². The van der Waals surface area contributed by atoms with Gasteiger partial charge in [0.05, 0.1) is 12.2 Å². The van der Waals surface area contributed by atoms with Crippen LogP contribution < -0.4 is 0 Å². The Balaban J connectivity index is 1.41. The largest absolute Gasteiger partial charge is 0.347 e. The Morgan fingerprint density at radius 3 is 2.64 bits per heavy atom. The molecule has 4 heterocycles. The van der Waals surface area contributed by atoms with Crippen molar-refractivity contribution in [1.29, 1.82) is 0 Å². The Hall–Kier alpha value is -2.20. The number of carbonyl (C=O) groups excluding carboxylic acids is 1. The van der Waals surface area contributed by atoms with E-state index in [9.17, 15) is 13.2 Å². The van der Waals surface area contributed by atoms with Crippen LogP contribution in [0, 0.1) is 5.41 Å². The molecule has 1 aliphatic carbocycles. The van der Waals surface area contributed by atoms with Gasteiger partial charge in [0.15, 0.2) is 5.82 Å². The maximum absolute atomic E-state index is 12.8. The van der Waals surface area contributed by atoms with Crippen LogP contribution in [0.2, 0.25) is 0 Å². The lowest BCUT2D eigenvalue weighted by Gasteiger charge is -2.50. The van der Waals surface area contributed by atoms with Crippen LogP contribution in [0.25, 0.3) is 0 Å². The maximum Gasteiger partial charge on any atom is 0.270 e. The second kappa shape index (κ2) is 5.90. The first-order chi connectivity index (χ1) is 13.3. The van der Waals surface area contributed by atoms with Gasteiger partial charge >= 0.3 is 0 Å². The monoisotopic (exact) mass is 405 g/mol. The number of carbonyl (C=O) groups is 1. The molecule has 2 aromatic heterocycles. The molecule has 1 amide bonds. The summed E-state index contributed by atoms with van der Waals surface area (Å²) in [5, 5.41) is 4.10. The van der Waals surface area contributed by atoms with Crippen LogP contribution >= 0.6 is 0 Å². The van der Waals surface area contributed by atoms with Gasteiger partial charge in [0.1, 0.15) is 5.69 Å². The number of hydrogen-bond donors (Lipinski definition) is 0. The van der Waals surface area contributed by atoms with Gasteiger partial charge in [-0.1, -0.05) is 5.16 Å². The van der Waals surface area contributed by atoms with Gasteiger partial charge in [-0.2, -0.15) is 4.98 Å². The molecule has 1 spiro atoms. The van der Waals surface area contributed by atoms with Crippen molar-refractivity contribution in [3.63, 3.8) is 0 Å². The van der Waals surface area contributed by atoms with Crippen molar-refractivity contribution in [3.05, 3.63) is 35.7 Å². The van der Waals surface area contributed by atoms with Gasteiger partial charge in [0.25, 0.3) is 5.91 Å². The molecule has 0 bridgehead atoms. The summed E-state index contributed by atoms with van der Waals surface area (Å²) in [4.78, 5) is 19.1. The van der Waals surface area contributed by atoms with Gasteiger partial charge in [-0.25, -0.2) is 12.7 Å². The summed E-state index contributed by atoms with van der Waals surface area (Å²) < 4.78 is 33.2. The second-order valence-electron chi connectivity index (χ2n) is 8.40. The van der Waals surface area contributed by atoms with Crippen molar-refractivity contribution in [2.24, 2.45) is 12.5 Å². The highest BCUT2D eigenvalue weighted by atomic mass is 32.2. The molecule has 1 saturated carbocycles. The summed E-state index contributed by atoms with van der Waals surface area (Å²) in [5.41, 5.74) is 0.246. The summed E-state index contributed by atoms with van der Waals surface area (Å²) in [6.07, 6.45) is 5.20. The minimum atomic E-state index is -3.34. The zero-order valence-corrected chi connectivity index (χ0v) is 16.7. The number of amides is 1. The summed E-state index contributed by atoms with van der Waals surface area (Å²) in [6, 6.07) is 3.63. The first-order valence-electron chi connectivity index (χ1n) is 9.46. The van der Waals surface area contributed by atoms with Crippen LogP contribution in [-0.4, -0.2) is 70.7 Å². The van der Waals surface area contributed by atoms with Crippen molar-refractivity contribution in [1.82, 2.24) is 23.9 Å². The van der Waals surface area contributed by atoms with E-state index in [-0.39, 0.29) is 17.2 Å². The summed E-state index contributed by atoms with van der Waals surface area (Å²) >= 11 is 0. The molecule has 3 fully saturated rings. The van der Waals surface area contributed by atoms with Gasteiger partial charge in [-0.3, -0.25) is 4.79 Å². The SMILES string of the molecule is Cn1cccc1C(=O)N1CC2(C1)CN(S(C)(=O)=O)CC2c1nc(C2CC2)no1. The van der Waals surface area contributed by atoms with E-state index in [0.717, 1.165) is 18.7 Å². The van der Waals surface area contributed by atoms with Crippen molar-refractivity contribution in [2.75, 3.05) is 32.4 Å². The van der Waals surface area contributed by atoms with Gasteiger partial charge in [0, 0.05) is 50.8 Å². The summed E-state index contributed by atoms with van der Waals surface area (Å²) in [7, 11) is -1.50. The first kappa shape index (κ1) is 17.9. The van der Waals surface area contributed by atoms with Crippen LogP contribution in [-0.2, 0) is 17.1 Å². The predicted octanol–water partition coefficient (Wildman–Crippen LogP) is 0.787. The number of likely N-dealkylation sites (tertiary alicyclic amines) is 1. The highest BCUT2D eigenvalue weighted by molar-refractivity contribution is 7.88. The van der Waals surface area contributed by atoms with Crippen LogP contribution in [0.1, 0.15) is 46.9 Å². The fourth-order valence-electron chi connectivity index (χ4n) is 4.44. The molecular formula is C18H23N5O4S. The standard InChI is InChI=1S/C18H23N5O4S/c1-21-7-3-4-14(21)17(24)22-9-18(10-22)11-23(28(2,25)26)8-13(18)16-19-15(20-27-16)12-5-6-12/h3-4,7,12-13H,5-6,8-11H2,1-2H3. The number of aromatic nitrogens is 3. The smallest absolute Gasteiger partial charge is 0.270 e. The Morgan fingerprint density at radius 1 is 1.29 bits per heavy atom. The first-order valence-corrected chi connectivity index (χ1v) is 11.3. The molecule has 0 aromatic carbocycles. The quantitative estimate of drug-likeness (QED) is 0.745. The molecule has 0 N–H and O–H groups in total. The third-order valence-corrected chi connectivity index (χ3v) is 7.46. The van der Waals surface area contributed by atoms with E-state index in [0.29, 0.717) is 43.7 Å². The van der Waals surface area contributed by atoms with E-state index in [4.69, 9.17) is 4.52 Å². The lowest BCUT2D eigenvalue weighted by Crippen LogP contribution is -2.61. The van der Waals surface area contributed by atoms with Crippen molar-refractivity contribution >= 4 is 15.9 Å². The number of aryl methyl sites for hydroxylation is 1. The van der Waals surface area contributed by atoms with E-state index < -0.39 is 10.0 Å². The number of rotatable bonds is 4. The van der Waals surface area contributed by atoms with E-state index in [1.807, 2.05) is 19.3 Å². The fourth-order valence-corrected chi connectivity index (χ4v) is 5.35. The van der Waals surface area contributed by atoms with Gasteiger partial charge in [-0.05, 0) is 25.0 Å². The fraction of sp³-hybridized carbons (Fsp3) is 0.611. The van der Waals surface area contributed by atoms with Crippen molar-refractivity contribution in [2.45, 2.75) is 24.7 Å². The Labute approximate surface area is 163 Å². The molecule has 10 heteroatoms. The van der Waals surface area contributed by atoms with E-state index in [2.05, 4.69) is 10.1 Å². The maximum atomic E-state index is 12.8. The van der Waals surface area contributed by atoms with E-state index in [1.54, 1.807) is 15.5 Å². The lowest BCUT2D eigenvalue weighted by atomic mass is 9.71. The predicted molar refractivity (Wildman–Crippen MR) is 99.2 cm³/mol. The van der Waals surface area contributed by atoms with Crippen LogP contribution in [0.15, 0.2) is 22.9 Å². The van der Waals surface area contributed by atoms with Crippen LogP contribution in [0.3, 0.4) is 0 Å². The molecule has 3 aliphatic rings. The van der Waals surface area contributed by atoms with Crippen molar-refractivity contribution < 1.29 is 17.7 Å². The molecule has 2 aliphatic heterocycles. The van der Waals surface area contributed by atoms with Gasteiger partial charge in [-0.15, -0.1) is 0 Å². The highest BCUT2D eigenvalue weighted by Gasteiger charge is 2.59. The molecule has 5 rings (SSSR count). The molecule has 2 aromatic rings. The van der Waals surface area contributed by atoms with Crippen LogP contribution in [0.4, 0.5) is 0 Å². The molecule has 150 valence electrons. The minimum Gasteiger partial charge on any atom is -0.347 e. The summed E-state index contributed by atoms with van der Waals surface area (Å²) in [6.45, 7) is 1.65. The number of nitrogens with zero attached hydrogens (tertiary/aromatic N) is 5. The molecule has 1 atom stereocenters. The van der Waals surface area contributed by atoms with E-state index in [1.165, 1.54) is 10.6 Å². The van der Waals surface area contributed by atoms with E-state index >= 15 is 0 Å². The van der Waals surface area contributed by atoms with Gasteiger partial charge < -0.3 is 14.0 Å². The summed E-state index contributed by atoms with van der Waals surface area (Å²) in [5.74, 6) is 1.36. The number of hydrogen-bond acceptors (Lipinski definition) is 6. The average Bonchev–Trinajstić information content (AvgIpc) is 3.03. The zero-order chi connectivity index (χ0) is 19.7. The zero-order valence-electron chi connectivity index (χ0n) is 15.9. The average molecular weight is 405 g/mol. The molecular weight excluding hydrogens is 382 g/mol. The highest BCUT2D eigenvalue weighted by Crippen LogP contribution is 2.50. The Kier molecular flexibility index (Phi) is 3.76. The molecule has 28 heavy (non-hydrogen) atoms. The van der Waals surface area contributed by atoms with Crippen molar-refractivity contribution in [3.8, 4) is 0 Å². The molecule has 1 unspecified atom stereocenters. The lowest BCUT2D eigenvalue weighted by molar-refractivity contribution is 0.000631. The second-order valence-corrected chi connectivity index (χ2v) is 10.4.